The highest BCUT2D eigenvalue weighted by Gasteiger charge is 2.10. The second-order valence-corrected chi connectivity index (χ2v) is 4.76. The van der Waals surface area contributed by atoms with E-state index in [1.165, 1.54) is 0 Å². The lowest BCUT2D eigenvalue weighted by Crippen LogP contribution is -2.10. The molecule has 0 saturated carbocycles. The monoisotopic (exact) mass is 316 g/mol. The van der Waals surface area contributed by atoms with Crippen LogP contribution >= 0.6 is 15.9 Å². The molecule has 1 amide bonds. The van der Waals surface area contributed by atoms with E-state index >= 15 is 0 Å². The molecule has 0 unspecified atom stereocenters. The molecule has 0 atom stereocenters. The maximum atomic E-state index is 11.9. The van der Waals surface area contributed by atoms with Crippen LogP contribution in [0.5, 0.6) is 0 Å². The van der Waals surface area contributed by atoms with Gasteiger partial charge in [0, 0.05) is 5.39 Å². The number of furan rings is 1. The molecule has 19 heavy (non-hydrogen) atoms. The maximum Gasteiger partial charge on any atom is 0.291 e. The normalized spacial score (nSPS) is 10.6. The van der Waals surface area contributed by atoms with Crippen LogP contribution in [0.2, 0.25) is 0 Å². The molecular weight excluding hydrogens is 308 g/mol. The van der Waals surface area contributed by atoms with Crippen molar-refractivity contribution >= 4 is 38.4 Å². The molecule has 1 aromatic carbocycles. The van der Waals surface area contributed by atoms with Gasteiger partial charge in [0.1, 0.15) is 0 Å². The number of anilines is 1. The first-order valence-electron chi connectivity index (χ1n) is 5.64. The molecule has 5 heteroatoms. The second kappa shape index (κ2) is 4.85. The number of hydrogen-bond donors (Lipinski definition) is 1. The number of aromatic nitrogens is 1. The molecule has 3 aromatic rings. The van der Waals surface area contributed by atoms with E-state index in [2.05, 4.69) is 26.2 Å². The molecule has 94 valence electrons. The SMILES string of the molecule is O=C(Nc1cnc2ccccc2c1)c1ccc(Br)o1. The molecule has 0 spiro atoms. The summed E-state index contributed by atoms with van der Waals surface area (Å²) in [5, 5.41) is 3.72. The minimum atomic E-state index is -0.303. The van der Waals surface area contributed by atoms with Gasteiger partial charge in [-0.05, 0) is 40.2 Å². The summed E-state index contributed by atoms with van der Waals surface area (Å²) >= 11 is 3.16. The van der Waals surface area contributed by atoms with Crippen molar-refractivity contribution in [2.24, 2.45) is 0 Å². The third-order valence-electron chi connectivity index (χ3n) is 2.65. The summed E-state index contributed by atoms with van der Waals surface area (Å²) < 4.78 is 5.71. The van der Waals surface area contributed by atoms with Crippen LogP contribution in [0.1, 0.15) is 10.6 Å². The number of hydrogen-bond acceptors (Lipinski definition) is 3. The summed E-state index contributed by atoms with van der Waals surface area (Å²) in [6.07, 6.45) is 1.62. The van der Waals surface area contributed by atoms with Crippen LogP contribution in [0, 0.1) is 0 Å². The van der Waals surface area contributed by atoms with Crippen molar-refractivity contribution < 1.29 is 9.21 Å². The number of benzene rings is 1. The van der Waals surface area contributed by atoms with Gasteiger partial charge in [-0.3, -0.25) is 9.78 Å². The minimum Gasteiger partial charge on any atom is -0.444 e. The fraction of sp³-hybridized carbons (Fsp3) is 0. The van der Waals surface area contributed by atoms with Crippen LogP contribution in [-0.2, 0) is 0 Å². The van der Waals surface area contributed by atoms with Crippen LogP contribution in [0.3, 0.4) is 0 Å². The van der Waals surface area contributed by atoms with Gasteiger partial charge in [-0.25, -0.2) is 0 Å². The molecule has 1 N–H and O–H groups in total. The molecule has 2 aromatic heterocycles. The highest BCUT2D eigenvalue weighted by atomic mass is 79.9. The van der Waals surface area contributed by atoms with E-state index in [4.69, 9.17) is 4.42 Å². The van der Waals surface area contributed by atoms with E-state index in [1.807, 2.05) is 30.3 Å². The van der Waals surface area contributed by atoms with Crippen molar-refractivity contribution in [1.29, 1.82) is 0 Å². The molecule has 2 heterocycles. The lowest BCUT2D eigenvalue weighted by atomic mass is 10.2. The first-order valence-corrected chi connectivity index (χ1v) is 6.43. The molecule has 0 radical (unpaired) electrons. The number of amides is 1. The molecule has 0 fully saturated rings. The van der Waals surface area contributed by atoms with E-state index in [0.29, 0.717) is 10.4 Å². The van der Waals surface area contributed by atoms with Gasteiger partial charge in [0.2, 0.25) is 0 Å². The molecule has 0 aliphatic rings. The lowest BCUT2D eigenvalue weighted by Gasteiger charge is -2.04. The van der Waals surface area contributed by atoms with Gasteiger partial charge in [0.15, 0.2) is 10.4 Å². The fourth-order valence-electron chi connectivity index (χ4n) is 1.77. The predicted octanol–water partition coefficient (Wildman–Crippen LogP) is 3.84. The Morgan fingerprint density at radius 2 is 2.05 bits per heavy atom. The standard InChI is InChI=1S/C14H9BrN2O2/c15-13-6-5-12(19-13)14(18)17-10-7-9-3-1-2-4-11(9)16-8-10/h1-8H,(H,17,18). The zero-order valence-corrected chi connectivity index (χ0v) is 11.3. The smallest absolute Gasteiger partial charge is 0.291 e. The number of rotatable bonds is 2. The zero-order chi connectivity index (χ0) is 13.2. The van der Waals surface area contributed by atoms with Crippen LogP contribution in [0.4, 0.5) is 5.69 Å². The summed E-state index contributed by atoms with van der Waals surface area (Å²) in [4.78, 5) is 16.2. The van der Waals surface area contributed by atoms with Crippen molar-refractivity contribution in [3.63, 3.8) is 0 Å². The Bertz CT molecular complexity index is 752. The largest absolute Gasteiger partial charge is 0.444 e. The van der Waals surface area contributed by atoms with Crippen LogP contribution in [0.25, 0.3) is 10.9 Å². The van der Waals surface area contributed by atoms with Gasteiger partial charge in [-0.1, -0.05) is 18.2 Å². The molecule has 0 aliphatic heterocycles. The minimum absolute atomic E-state index is 0.250. The van der Waals surface area contributed by atoms with Gasteiger partial charge < -0.3 is 9.73 Å². The first kappa shape index (κ1) is 11.9. The van der Waals surface area contributed by atoms with Crippen LogP contribution in [0.15, 0.2) is 57.7 Å². The van der Waals surface area contributed by atoms with Crippen molar-refractivity contribution in [2.45, 2.75) is 0 Å². The van der Waals surface area contributed by atoms with E-state index in [9.17, 15) is 4.79 Å². The van der Waals surface area contributed by atoms with Gasteiger partial charge in [-0.15, -0.1) is 0 Å². The molecule has 0 bridgehead atoms. The van der Waals surface area contributed by atoms with Gasteiger partial charge in [0.05, 0.1) is 17.4 Å². The Labute approximate surface area is 117 Å². The van der Waals surface area contributed by atoms with Crippen LogP contribution < -0.4 is 5.32 Å². The molecular formula is C14H9BrN2O2. The second-order valence-electron chi connectivity index (χ2n) is 3.97. The highest BCUT2D eigenvalue weighted by molar-refractivity contribution is 9.10. The average Bonchev–Trinajstić information content (AvgIpc) is 2.85. The molecule has 0 saturated heterocycles. The number of nitrogens with one attached hydrogen (secondary N) is 1. The summed E-state index contributed by atoms with van der Waals surface area (Å²) in [6, 6.07) is 12.9. The third-order valence-corrected chi connectivity index (χ3v) is 3.07. The Morgan fingerprint density at radius 3 is 2.84 bits per heavy atom. The van der Waals surface area contributed by atoms with E-state index < -0.39 is 0 Å². The Kier molecular flexibility index (Phi) is 3.05. The van der Waals surface area contributed by atoms with Crippen molar-refractivity contribution in [3.05, 3.63) is 59.1 Å². The summed E-state index contributed by atoms with van der Waals surface area (Å²) in [6.45, 7) is 0. The number of carbonyl (C=O) groups is 1. The summed E-state index contributed by atoms with van der Waals surface area (Å²) in [7, 11) is 0. The lowest BCUT2D eigenvalue weighted by molar-refractivity contribution is 0.0995. The number of nitrogens with zero attached hydrogens (tertiary/aromatic N) is 1. The van der Waals surface area contributed by atoms with Gasteiger partial charge >= 0.3 is 0 Å². The van der Waals surface area contributed by atoms with Gasteiger partial charge in [-0.2, -0.15) is 0 Å². The topological polar surface area (TPSA) is 55.1 Å². The fourth-order valence-corrected chi connectivity index (χ4v) is 2.07. The number of halogens is 1. The Balaban J connectivity index is 1.87. The van der Waals surface area contributed by atoms with Crippen molar-refractivity contribution in [3.8, 4) is 0 Å². The van der Waals surface area contributed by atoms with Crippen molar-refractivity contribution in [1.82, 2.24) is 4.98 Å². The molecule has 3 rings (SSSR count). The molecule has 4 nitrogen and oxygen atoms in total. The predicted molar refractivity (Wildman–Crippen MR) is 76.1 cm³/mol. The van der Waals surface area contributed by atoms with Crippen LogP contribution in [-0.4, -0.2) is 10.9 Å². The van der Waals surface area contributed by atoms with Gasteiger partial charge in [0.25, 0.3) is 5.91 Å². The molecule has 0 aliphatic carbocycles. The third kappa shape index (κ3) is 2.51. The zero-order valence-electron chi connectivity index (χ0n) is 9.76. The maximum absolute atomic E-state index is 11.9. The number of carbonyl (C=O) groups excluding carboxylic acids is 1. The Hall–Kier alpha value is -2.14. The number of pyridine rings is 1. The highest BCUT2D eigenvalue weighted by Crippen LogP contribution is 2.18. The Morgan fingerprint density at radius 1 is 1.21 bits per heavy atom. The first-order chi connectivity index (χ1) is 9.22. The van der Waals surface area contributed by atoms with E-state index in [-0.39, 0.29) is 11.7 Å². The quantitative estimate of drug-likeness (QED) is 0.781. The summed E-state index contributed by atoms with van der Waals surface area (Å²) in [5.74, 6) is -0.0529. The van der Waals surface area contributed by atoms with E-state index in [0.717, 1.165) is 10.9 Å². The number of fused-ring (bicyclic) bond motifs is 1. The van der Waals surface area contributed by atoms with Crippen molar-refractivity contribution in [2.75, 3.05) is 5.32 Å². The number of para-hydroxylation sites is 1. The van der Waals surface area contributed by atoms with E-state index in [1.54, 1.807) is 18.3 Å². The summed E-state index contributed by atoms with van der Waals surface area (Å²) in [5.41, 5.74) is 1.53. The average molecular weight is 317 g/mol.